The molecule has 10 heteroatoms. The van der Waals surface area contributed by atoms with Crippen LogP contribution < -0.4 is 16.2 Å². The van der Waals surface area contributed by atoms with Crippen LogP contribution in [0, 0.1) is 11.8 Å². The van der Waals surface area contributed by atoms with Crippen LogP contribution in [0.3, 0.4) is 0 Å². The lowest BCUT2D eigenvalue weighted by atomic mass is 9.93. The highest BCUT2D eigenvalue weighted by molar-refractivity contribution is 5.86. The average Bonchev–Trinajstić information content (AvgIpc) is 3.30. The zero-order valence-electron chi connectivity index (χ0n) is 17.9. The first-order valence-electron chi connectivity index (χ1n) is 10.4. The van der Waals surface area contributed by atoms with Crippen molar-refractivity contribution in [3.63, 3.8) is 0 Å². The molecule has 3 aromatic heterocycles. The van der Waals surface area contributed by atoms with Gasteiger partial charge in [-0.05, 0) is 56.3 Å². The normalized spacial score (nSPS) is 19.3. The number of anilines is 1. The molecule has 0 saturated heterocycles. The van der Waals surface area contributed by atoms with Crippen LogP contribution in [0.25, 0.3) is 22.6 Å². The molecule has 0 aliphatic heterocycles. The molecule has 0 amide bonds. The molecule has 164 valence electrons. The van der Waals surface area contributed by atoms with Crippen LogP contribution in [0.15, 0.2) is 10.7 Å². The Balaban J connectivity index is 1.87. The fraction of sp³-hybridized carbons (Fsp3) is 0.524. The van der Waals surface area contributed by atoms with Gasteiger partial charge in [-0.1, -0.05) is 12.3 Å². The second-order valence-electron chi connectivity index (χ2n) is 8.27. The Kier molecular flexibility index (Phi) is 5.56. The van der Waals surface area contributed by atoms with E-state index in [1.54, 1.807) is 13.8 Å². The van der Waals surface area contributed by atoms with E-state index in [9.17, 15) is 5.11 Å². The molecular weight excluding hydrogens is 398 g/mol. The summed E-state index contributed by atoms with van der Waals surface area (Å²) in [5.41, 5.74) is 13.0. The summed E-state index contributed by atoms with van der Waals surface area (Å²) in [4.78, 5) is 9.28. The van der Waals surface area contributed by atoms with Crippen LogP contribution in [-0.4, -0.2) is 47.7 Å². The van der Waals surface area contributed by atoms with Crippen molar-refractivity contribution >= 4 is 16.9 Å². The molecule has 1 fully saturated rings. The van der Waals surface area contributed by atoms with Gasteiger partial charge in [0.2, 0.25) is 5.88 Å². The number of hydrogen-bond donors (Lipinski definition) is 3. The Morgan fingerprint density at radius 2 is 2.06 bits per heavy atom. The quantitative estimate of drug-likeness (QED) is 0.532. The number of aryl methyl sites for hydroxylation is 1. The van der Waals surface area contributed by atoms with Crippen molar-refractivity contribution in [1.29, 1.82) is 0 Å². The lowest BCUT2D eigenvalue weighted by Gasteiger charge is -2.28. The first-order chi connectivity index (χ1) is 14.8. The number of imidazole rings is 1. The highest BCUT2D eigenvalue weighted by Gasteiger charge is 2.26. The maximum absolute atomic E-state index is 10.1. The second kappa shape index (κ2) is 8.17. The Hall–Kier alpha value is -3.16. The number of ether oxygens (including phenoxy) is 1. The van der Waals surface area contributed by atoms with E-state index in [0.29, 0.717) is 35.2 Å². The largest absolute Gasteiger partial charge is 0.473 e. The van der Waals surface area contributed by atoms with Gasteiger partial charge in [-0.2, -0.15) is 0 Å². The number of nitrogen functional groups attached to an aromatic ring is 1. The first kappa shape index (κ1) is 21.1. The fourth-order valence-corrected chi connectivity index (χ4v) is 3.74. The minimum atomic E-state index is -1.19. The van der Waals surface area contributed by atoms with Gasteiger partial charge < -0.3 is 25.9 Å². The molecule has 3 aromatic rings. The molecule has 1 aliphatic rings. The summed E-state index contributed by atoms with van der Waals surface area (Å²) in [7, 11) is 0. The number of nitrogens with zero attached hydrogens (tertiary/aromatic N) is 5. The summed E-state index contributed by atoms with van der Waals surface area (Å²) in [6.45, 7) is 5.78. The minimum absolute atomic E-state index is 0.0372. The molecule has 3 heterocycles. The van der Waals surface area contributed by atoms with Gasteiger partial charge in [0.05, 0.1) is 5.52 Å². The zero-order valence-corrected chi connectivity index (χ0v) is 17.9. The van der Waals surface area contributed by atoms with Crippen molar-refractivity contribution < 1.29 is 14.5 Å². The summed E-state index contributed by atoms with van der Waals surface area (Å²) >= 11 is 0. The van der Waals surface area contributed by atoms with E-state index in [1.165, 1.54) is 0 Å². The minimum Gasteiger partial charge on any atom is -0.473 e. The van der Waals surface area contributed by atoms with E-state index in [0.717, 1.165) is 31.2 Å². The molecule has 0 bridgehead atoms. The lowest BCUT2D eigenvalue weighted by molar-refractivity contribution is 0.127. The average molecular weight is 425 g/mol. The fourth-order valence-electron chi connectivity index (χ4n) is 3.74. The molecule has 0 spiro atoms. The monoisotopic (exact) mass is 425 g/mol. The summed E-state index contributed by atoms with van der Waals surface area (Å²) < 4.78 is 12.9. The topological polar surface area (TPSA) is 151 Å². The summed E-state index contributed by atoms with van der Waals surface area (Å²) in [5, 5.41) is 17.6. The van der Waals surface area contributed by atoms with Gasteiger partial charge in [-0.3, -0.25) is 0 Å². The highest BCUT2D eigenvalue weighted by Crippen LogP contribution is 2.31. The lowest BCUT2D eigenvalue weighted by Crippen LogP contribution is -2.41. The second-order valence-corrected chi connectivity index (χ2v) is 8.27. The summed E-state index contributed by atoms with van der Waals surface area (Å²) in [6.07, 6.45) is 3.87. The predicted molar refractivity (Wildman–Crippen MR) is 115 cm³/mol. The van der Waals surface area contributed by atoms with E-state index >= 15 is 0 Å². The van der Waals surface area contributed by atoms with Crippen molar-refractivity contribution in [2.75, 3.05) is 5.73 Å². The van der Waals surface area contributed by atoms with Crippen LogP contribution in [0.1, 0.15) is 52.1 Å². The van der Waals surface area contributed by atoms with E-state index in [1.807, 2.05) is 17.6 Å². The standard InChI is InChI=1S/C21H27N7O3/c1-4-28-14-11-16(30-15-8-6-5-7-12(15)22)24-13(9-10-21(2,3)29)17(14)25-20(28)18-19(23)27-31-26-18/h11-12,15,29H,4-8,22H2,1-3H3,(H2,23,27)/t12-,15-/m0/s1. The van der Waals surface area contributed by atoms with Crippen LogP contribution in [0.5, 0.6) is 5.88 Å². The number of rotatable bonds is 4. The maximum Gasteiger partial charge on any atom is 0.217 e. The number of aliphatic hydroxyl groups is 1. The molecule has 1 aliphatic carbocycles. The van der Waals surface area contributed by atoms with Gasteiger partial charge in [0.25, 0.3) is 0 Å². The molecule has 10 nitrogen and oxygen atoms in total. The third-order valence-electron chi connectivity index (χ3n) is 5.27. The van der Waals surface area contributed by atoms with Gasteiger partial charge >= 0.3 is 0 Å². The Morgan fingerprint density at radius 3 is 2.71 bits per heavy atom. The molecule has 0 radical (unpaired) electrons. The van der Waals surface area contributed by atoms with Gasteiger partial charge in [-0.15, -0.1) is 0 Å². The van der Waals surface area contributed by atoms with E-state index < -0.39 is 5.60 Å². The van der Waals surface area contributed by atoms with Gasteiger partial charge in [0.1, 0.15) is 22.9 Å². The smallest absolute Gasteiger partial charge is 0.217 e. The van der Waals surface area contributed by atoms with E-state index in [-0.39, 0.29) is 18.0 Å². The molecule has 4 rings (SSSR count). The number of nitrogens with two attached hydrogens (primary N) is 2. The van der Waals surface area contributed by atoms with Crippen molar-refractivity contribution in [1.82, 2.24) is 24.8 Å². The van der Waals surface area contributed by atoms with Crippen molar-refractivity contribution in [3.8, 4) is 29.2 Å². The van der Waals surface area contributed by atoms with Crippen molar-refractivity contribution in [2.45, 2.75) is 70.7 Å². The summed E-state index contributed by atoms with van der Waals surface area (Å²) in [6, 6.07) is 1.79. The van der Waals surface area contributed by atoms with Crippen molar-refractivity contribution in [2.24, 2.45) is 5.73 Å². The number of aromatic nitrogens is 5. The number of hydrogen-bond acceptors (Lipinski definition) is 9. The third-order valence-corrected chi connectivity index (χ3v) is 5.27. The van der Waals surface area contributed by atoms with Crippen LogP contribution in [0.2, 0.25) is 0 Å². The molecule has 31 heavy (non-hydrogen) atoms. The summed E-state index contributed by atoms with van der Waals surface area (Å²) in [5.74, 6) is 6.82. The third kappa shape index (κ3) is 4.33. The van der Waals surface area contributed by atoms with E-state index in [2.05, 4.69) is 32.1 Å². The SMILES string of the molecule is CCn1c(-c2nonc2N)nc2c(C#CC(C)(C)O)nc(O[C@H]3CCCC[C@@H]3N)cc21. The van der Waals surface area contributed by atoms with Crippen LogP contribution in [-0.2, 0) is 6.54 Å². The first-order valence-corrected chi connectivity index (χ1v) is 10.4. The molecule has 0 aromatic carbocycles. The molecule has 2 atom stereocenters. The molecule has 0 unspecified atom stereocenters. The van der Waals surface area contributed by atoms with Crippen LogP contribution >= 0.6 is 0 Å². The van der Waals surface area contributed by atoms with Gasteiger partial charge in [0.15, 0.2) is 17.3 Å². The zero-order chi connectivity index (χ0) is 22.2. The predicted octanol–water partition coefficient (Wildman–Crippen LogP) is 1.85. The molecular formula is C21H27N7O3. The molecule has 5 N–H and O–H groups in total. The maximum atomic E-state index is 10.1. The Morgan fingerprint density at radius 1 is 1.29 bits per heavy atom. The number of fused-ring (bicyclic) bond motifs is 1. The van der Waals surface area contributed by atoms with Gasteiger partial charge in [-0.25, -0.2) is 14.6 Å². The number of pyridine rings is 1. The van der Waals surface area contributed by atoms with Gasteiger partial charge in [0, 0.05) is 18.7 Å². The van der Waals surface area contributed by atoms with E-state index in [4.69, 9.17) is 20.8 Å². The Bertz CT molecular complexity index is 1150. The van der Waals surface area contributed by atoms with Crippen molar-refractivity contribution in [3.05, 3.63) is 11.8 Å². The van der Waals surface area contributed by atoms with Crippen LogP contribution in [0.4, 0.5) is 5.82 Å². The highest BCUT2D eigenvalue weighted by atomic mass is 16.6. The molecule has 1 saturated carbocycles. The Labute approximate surface area is 179 Å².